The van der Waals surface area contributed by atoms with E-state index in [0.717, 1.165) is 18.4 Å². The van der Waals surface area contributed by atoms with Gasteiger partial charge in [0.05, 0.1) is 19.9 Å². The molecule has 0 bridgehead atoms. The highest BCUT2D eigenvalue weighted by atomic mass is 16.5. The molecular formula is C19H19NO3. The molecule has 1 aromatic carbocycles. The lowest BCUT2D eigenvalue weighted by molar-refractivity contribution is 0.0561. The van der Waals surface area contributed by atoms with E-state index in [1.54, 1.807) is 6.07 Å². The van der Waals surface area contributed by atoms with E-state index in [4.69, 9.17) is 15.6 Å². The van der Waals surface area contributed by atoms with E-state index >= 15 is 0 Å². The maximum atomic E-state index is 11.8. The lowest BCUT2D eigenvalue weighted by Gasteiger charge is -2.27. The number of terminal acetylenes is 1. The van der Waals surface area contributed by atoms with Crippen LogP contribution in [0.4, 0.5) is 0 Å². The topological polar surface area (TPSA) is 42.7 Å². The Morgan fingerprint density at radius 3 is 3.04 bits per heavy atom. The molecule has 1 unspecified atom stereocenters. The van der Waals surface area contributed by atoms with Crippen LogP contribution in [0.5, 0.6) is 0 Å². The van der Waals surface area contributed by atoms with E-state index in [1.165, 1.54) is 24.5 Å². The summed E-state index contributed by atoms with van der Waals surface area (Å²) in [6, 6.07) is 10.5. The number of nitrogens with zero attached hydrogens (tertiary/aromatic N) is 1. The van der Waals surface area contributed by atoms with Crippen molar-refractivity contribution in [1.82, 2.24) is 4.90 Å². The molecule has 23 heavy (non-hydrogen) atoms. The van der Waals surface area contributed by atoms with Crippen LogP contribution < -0.4 is 0 Å². The summed E-state index contributed by atoms with van der Waals surface area (Å²) < 4.78 is 10.0. The summed E-state index contributed by atoms with van der Waals surface area (Å²) in [5.74, 6) is 2.52. The van der Waals surface area contributed by atoms with Crippen molar-refractivity contribution in [2.24, 2.45) is 0 Å². The number of furan rings is 1. The monoisotopic (exact) mass is 309 g/mol. The summed E-state index contributed by atoms with van der Waals surface area (Å²) in [5.41, 5.74) is 3.50. The number of carbonyl (C=O) groups excluding carboxylic acids is 1. The molecule has 118 valence electrons. The molecule has 4 nitrogen and oxygen atoms in total. The van der Waals surface area contributed by atoms with Gasteiger partial charge in [-0.05, 0) is 30.0 Å². The van der Waals surface area contributed by atoms with Gasteiger partial charge in [0, 0.05) is 18.2 Å². The Morgan fingerprint density at radius 1 is 1.43 bits per heavy atom. The van der Waals surface area contributed by atoms with E-state index in [0.29, 0.717) is 13.1 Å². The van der Waals surface area contributed by atoms with Crippen LogP contribution in [-0.2, 0) is 17.7 Å². The Morgan fingerprint density at radius 2 is 2.26 bits per heavy atom. The highest BCUT2D eigenvalue weighted by Crippen LogP contribution is 2.36. The Hall–Kier alpha value is -2.51. The number of hydrogen-bond donors (Lipinski definition) is 0. The minimum atomic E-state index is -0.461. The van der Waals surface area contributed by atoms with E-state index in [9.17, 15) is 4.79 Å². The molecule has 0 saturated heterocycles. The third-order valence-electron chi connectivity index (χ3n) is 4.33. The minimum Gasteiger partial charge on any atom is -0.463 e. The summed E-state index contributed by atoms with van der Waals surface area (Å²) >= 11 is 0. The molecule has 1 aromatic heterocycles. The van der Waals surface area contributed by atoms with Gasteiger partial charge in [0.2, 0.25) is 5.76 Å². The summed E-state index contributed by atoms with van der Waals surface area (Å²) in [4.78, 5) is 14.0. The number of methoxy groups -OCH3 is 1. The van der Waals surface area contributed by atoms with Gasteiger partial charge in [0.1, 0.15) is 0 Å². The number of carbonyl (C=O) groups is 1. The molecule has 1 aliphatic rings. The molecule has 4 heteroatoms. The zero-order chi connectivity index (χ0) is 16.2. The fraction of sp³-hybridized carbons (Fsp3) is 0.316. The smallest absolute Gasteiger partial charge is 0.374 e. The quantitative estimate of drug-likeness (QED) is 0.628. The molecule has 0 spiro atoms. The van der Waals surface area contributed by atoms with Crippen LogP contribution in [0.25, 0.3) is 0 Å². The Balaban J connectivity index is 1.86. The maximum absolute atomic E-state index is 11.8. The van der Waals surface area contributed by atoms with Crippen LogP contribution in [0.15, 0.2) is 41.0 Å². The summed E-state index contributed by atoms with van der Waals surface area (Å²) in [7, 11) is 1.35. The molecule has 0 fully saturated rings. The number of hydrogen-bond acceptors (Lipinski definition) is 4. The highest BCUT2D eigenvalue weighted by molar-refractivity contribution is 5.87. The Bertz CT molecular complexity index is 741. The van der Waals surface area contributed by atoms with Crippen LogP contribution in [-0.4, -0.2) is 24.5 Å². The maximum Gasteiger partial charge on any atom is 0.374 e. The van der Waals surface area contributed by atoms with E-state index in [2.05, 4.69) is 35.1 Å². The van der Waals surface area contributed by atoms with Gasteiger partial charge in [-0.2, -0.15) is 0 Å². The van der Waals surface area contributed by atoms with E-state index < -0.39 is 5.97 Å². The Kier molecular flexibility index (Phi) is 4.50. The van der Waals surface area contributed by atoms with Crippen molar-refractivity contribution in [3.05, 3.63) is 59.0 Å². The normalized spacial score (nSPS) is 16.1. The van der Waals surface area contributed by atoms with Crippen LogP contribution >= 0.6 is 0 Å². The van der Waals surface area contributed by atoms with Gasteiger partial charge < -0.3 is 9.15 Å². The number of rotatable bonds is 5. The summed E-state index contributed by atoms with van der Waals surface area (Å²) in [6.45, 7) is 1.08. The summed E-state index contributed by atoms with van der Waals surface area (Å²) in [6.07, 6.45) is 9.16. The Labute approximate surface area is 136 Å². The van der Waals surface area contributed by atoms with Gasteiger partial charge in [-0.3, -0.25) is 4.90 Å². The molecule has 1 heterocycles. The van der Waals surface area contributed by atoms with Crippen molar-refractivity contribution in [2.45, 2.75) is 25.4 Å². The second kappa shape index (κ2) is 6.72. The zero-order valence-electron chi connectivity index (χ0n) is 13.1. The van der Waals surface area contributed by atoms with Crippen molar-refractivity contribution >= 4 is 5.97 Å². The number of benzene rings is 1. The molecule has 0 aliphatic heterocycles. The average Bonchev–Trinajstić information content (AvgIpc) is 3.20. The van der Waals surface area contributed by atoms with Gasteiger partial charge in [-0.25, -0.2) is 4.79 Å². The highest BCUT2D eigenvalue weighted by Gasteiger charge is 2.28. The third-order valence-corrected chi connectivity index (χ3v) is 4.33. The SMILES string of the molecule is C#CCN(Cc1ccoc1C(=O)OC)C1CCc2ccccc21. The predicted molar refractivity (Wildman–Crippen MR) is 86.8 cm³/mol. The first kappa shape index (κ1) is 15.4. The van der Waals surface area contributed by atoms with Crippen LogP contribution in [0, 0.1) is 12.3 Å². The van der Waals surface area contributed by atoms with Gasteiger partial charge in [0.25, 0.3) is 0 Å². The molecule has 0 saturated carbocycles. The van der Waals surface area contributed by atoms with Crippen LogP contribution in [0.3, 0.4) is 0 Å². The number of aryl methyl sites for hydroxylation is 1. The number of esters is 1. The second-order valence-electron chi connectivity index (χ2n) is 5.63. The molecular weight excluding hydrogens is 290 g/mol. The minimum absolute atomic E-state index is 0.251. The first-order chi connectivity index (χ1) is 11.2. The fourth-order valence-corrected chi connectivity index (χ4v) is 3.26. The molecule has 1 aliphatic carbocycles. The number of fused-ring (bicyclic) bond motifs is 1. The van der Waals surface area contributed by atoms with Gasteiger partial charge in [-0.15, -0.1) is 6.42 Å². The second-order valence-corrected chi connectivity index (χ2v) is 5.63. The van der Waals surface area contributed by atoms with Crippen molar-refractivity contribution in [1.29, 1.82) is 0 Å². The van der Waals surface area contributed by atoms with Crippen molar-refractivity contribution < 1.29 is 13.9 Å². The molecule has 1 atom stereocenters. The fourth-order valence-electron chi connectivity index (χ4n) is 3.26. The lowest BCUT2D eigenvalue weighted by Crippen LogP contribution is -2.28. The molecule has 0 radical (unpaired) electrons. The molecule has 0 amide bonds. The molecule has 2 aromatic rings. The van der Waals surface area contributed by atoms with Gasteiger partial charge >= 0.3 is 5.97 Å². The van der Waals surface area contributed by atoms with Gasteiger partial charge in [-0.1, -0.05) is 30.2 Å². The average molecular weight is 309 g/mol. The van der Waals surface area contributed by atoms with E-state index in [1.807, 2.05) is 0 Å². The third kappa shape index (κ3) is 3.01. The first-order valence-electron chi connectivity index (χ1n) is 7.64. The first-order valence-corrected chi connectivity index (χ1v) is 7.64. The largest absolute Gasteiger partial charge is 0.463 e. The van der Waals surface area contributed by atoms with Crippen molar-refractivity contribution in [3.63, 3.8) is 0 Å². The number of ether oxygens (including phenoxy) is 1. The van der Waals surface area contributed by atoms with Crippen molar-refractivity contribution in [3.8, 4) is 12.3 Å². The van der Waals surface area contributed by atoms with E-state index in [-0.39, 0.29) is 11.8 Å². The summed E-state index contributed by atoms with van der Waals surface area (Å²) in [5, 5.41) is 0. The standard InChI is InChI=1S/C19H19NO3/c1-3-11-20(13-15-10-12-23-18(15)19(21)22-2)17-9-8-14-6-4-5-7-16(14)17/h1,4-7,10,12,17H,8-9,11,13H2,2H3. The molecule has 3 rings (SSSR count). The van der Waals surface area contributed by atoms with Crippen LogP contribution in [0.2, 0.25) is 0 Å². The zero-order valence-corrected chi connectivity index (χ0v) is 13.1. The van der Waals surface area contributed by atoms with Gasteiger partial charge in [0.15, 0.2) is 0 Å². The lowest BCUT2D eigenvalue weighted by atomic mass is 10.1. The van der Waals surface area contributed by atoms with Crippen molar-refractivity contribution in [2.75, 3.05) is 13.7 Å². The predicted octanol–water partition coefficient (Wildman–Crippen LogP) is 3.19. The molecule has 0 N–H and O–H groups in total. The van der Waals surface area contributed by atoms with Crippen LogP contribution in [0.1, 0.15) is 39.7 Å².